The summed E-state index contributed by atoms with van der Waals surface area (Å²) in [7, 11) is 0. The molecular weight excluding hydrogens is 478 g/mol. The molecule has 3 aromatic rings. The second kappa shape index (κ2) is 12.0. The van der Waals surface area contributed by atoms with Gasteiger partial charge in [0.05, 0.1) is 19.3 Å². The number of ether oxygens (including phenoxy) is 2. The maximum absolute atomic E-state index is 15.1. The van der Waals surface area contributed by atoms with Crippen LogP contribution in [0.2, 0.25) is 5.02 Å². The third-order valence-electron chi connectivity index (χ3n) is 5.95. The Morgan fingerprint density at radius 1 is 1.00 bits per heavy atom. The highest BCUT2D eigenvalue weighted by molar-refractivity contribution is 7.99. The van der Waals surface area contributed by atoms with Crippen LogP contribution >= 0.6 is 23.4 Å². The lowest BCUT2D eigenvalue weighted by atomic mass is 9.88. The molecule has 3 atom stereocenters. The molecule has 1 aliphatic rings. The summed E-state index contributed by atoms with van der Waals surface area (Å²) in [5.41, 5.74) is 1.26. The molecule has 0 saturated heterocycles. The molecule has 1 N–H and O–H groups in total. The number of benzene rings is 3. The first-order chi connectivity index (χ1) is 16.6. The number of fused-ring (bicyclic) bond motifs is 1. The molecule has 1 heterocycles. The van der Waals surface area contributed by atoms with E-state index in [2.05, 4.69) is 0 Å². The number of aliphatic hydroxyl groups is 1. The predicted octanol–water partition coefficient (Wildman–Crippen LogP) is 7.21. The van der Waals surface area contributed by atoms with Crippen LogP contribution < -0.4 is 4.74 Å². The molecule has 4 rings (SSSR count). The quantitative estimate of drug-likeness (QED) is 0.296. The van der Waals surface area contributed by atoms with Crippen molar-refractivity contribution in [1.29, 1.82) is 0 Å². The van der Waals surface area contributed by atoms with Gasteiger partial charge in [-0.1, -0.05) is 41.9 Å². The summed E-state index contributed by atoms with van der Waals surface area (Å²) < 4.78 is 41.9. The summed E-state index contributed by atoms with van der Waals surface area (Å²) in [6.07, 6.45) is 1.80. The highest BCUT2D eigenvalue weighted by atomic mass is 35.5. The van der Waals surface area contributed by atoms with Gasteiger partial charge in [0.25, 0.3) is 0 Å². The van der Waals surface area contributed by atoms with E-state index in [1.165, 1.54) is 11.8 Å². The normalized spacial score (nSPS) is 18.2. The van der Waals surface area contributed by atoms with Crippen molar-refractivity contribution in [1.82, 2.24) is 0 Å². The summed E-state index contributed by atoms with van der Waals surface area (Å²) in [4.78, 5) is 0.896. The van der Waals surface area contributed by atoms with Gasteiger partial charge in [0.1, 0.15) is 5.82 Å². The van der Waals surface area contributed by atoms with Gasteiger partial charge in [0.2, 0.25) is 0 Å². The standard InChI is InChI=1S/C27H27ClF2O3S/c28-19-9-11-20(12-10-19)34-27-21(17-33-26-23(30)14-13-22(29)25(26)27)24(8-4-5-15-31)32-16-18-6-2-1-3-7-18/h1-3,6-7,9-14,21,24,27,31H,4-5,8,15-17H2/t21?,24-,27-/m1/s1. The first kappa shape index (κ1) is 25.0. The van der Waals surface area contributed by atoms with E-state index in [9.17, 15) is 9.50 Å². The van der Waals surface area contributed by atoms with Gasteiger partial charge >= 0.3 is 0 Å². The van der Waals surface area contributed by atoms with E-state index in [1.807, 2.05) is 42.5 Å². The van der Waals surface area contributed by atoms with Crippen molar-refractivity contribution in [2.75, 3.05) is 13.2 Å². The Morgan fingerprint density at radius 3 is 2.47 bits per heavy atom. The molecule has 1 unspecified atom stereocenters. The second-order valence-electron chi connectivity index (χ2n) is 8.29. The number of rotatable bonds is 10. The van der Waals surface area contributed by atoms with Gasteiger partial charge in [-0.2, -0.15) is 0 Å². The van der Waals surface area contributed by atoms with E-state index in [1.54, 1.807) is 12.1 Å². The van der Waals surface area contributed by atoms with Crippen molar-refractivity contribution in [3.05, 3.63) is 94.5 Å². The minimum atomic E-state index is -0.571. The maximum atomic E-state index is 15.1. The zero-order valence-corrected chi connectivity index (χ0v) is 20.2. The smallest absolute Gasteiger partial charge is 0.165 e. The van der Waals surface area contributed by atoms with Crippen molar-refractivity contribution in [3.63, 3.8) is 0 Å². The summed E-state index contributed by atoms with van der Waals surface area (Å²) >= 11 is 7.51. The van der Waals surface area contributed by atoms with Crippen LogP contribution in [0.15, 0.2) is 71.6 Å². The molecule has 0 bridgehead atoms. The molecule has 0 aromatic heterocycles. The highest BCUT2D eigenvalue weighted by Crippen LogP contribution is 2.51. The SMILES string of the molecule is OCCCC[C@@H](OCc1ccccc1)C1COc2c(F)ccc(F)c2[C@@H]1Sc1ccc(Cl)cc1. The van der Waals surface area contributed by atoms with Gasteiger partial charge < -0.3 is 14.6 Å². The molecule has 34 heavy (non-hydrogen) atoms. The van der Waals surface area contributed by atoms with Crippen LogP contribution in [-0.4, -0.2) is 24.4 Å². The second-order valence-corrected chi connectivity index (χ2v) is 9.95. The van der Waals surface area contributed by atoms with Crippen molar-refractivity contribution >= 4 is 23.4 Å². The number of thioether (sulfide) groups is 1. The molecule has 0 radical (unpaired) electrons. The minimum absolute atomic E-state index is 0.0279. The van der Waals surface area contributed by atoms with Crippen molar-refractivity contribution in [2.45, 2.75) is 42.1 Å². The predicted molar refractivity (Wildman–Crippen MR) is 131 cm³/mol. The number of hydrogen-bond donors (Lipinski definition) is 1. The Labute approximate surface area is 208 Å². The number of halogens is 3. The molecule has 180 valence electrons. The fourth-order valence-corrected chi connectivity index (χ4v) is 5.68. The molecule has 7 heteroatoms. The molecule has 0 fully saturated rings. The Hall–Kier alpha value is -2.12. The van der Waals surface area contributed by atoms with Crippen molar-refractivity contribution < 1.29 is 23.4 Å². The molecule has 3 nitrogen and oxygen atoms in total. The maximum Gasteiger partial charge on any atom is 0.165 e. The summed E-state index contributed by atoms with van der Waals surface area (Å²) in [5.74, 6) is -1.32. The van der Waals surface area contributed by atoms with E-state index < -0.39 is 16.9 Å². The van der Waals surface area contributed by atoms with Crippen LogP contribution in [0.3, 0.4) is 0 Å². The fraction of sp³-hybridized carbons (Fsp3) is 0.333. The number of unbranched alkanes of at least 4 members (excludes halogenated alkanes) is 1. The molecule has 0 saturated carbocycles. The van der Waals surface area contributed by atoms with Crippen LogP contribution in [-0.2, 0) is 11.3 Å². The monoisotopic (exact) mass is 504 g/mol. The van der Waals surface area contributed by atoms with Crippen molar-refractivity contribution in [3.8, 4) is 5.75 Å². The van der Waals surface area contributed by atoms with Crippen LogP contribution in [0.25, 0.3) is 0 Å². The van der Waals surface area contributed by atoms with Gasteiger partial charge in [-0.15, -0.1) is 11.8 Å². The number of hydrogen-bond acceptors (Lipinski definition) is 4. The van der Waals surface area contributed by atoms with Crippen LogP contribution in [0.5, 0.6) is 5.75 Å². The zero-order valence-electron chi connectivity index (χ0n) is 18.6. The average Bonchev–Trinajstić information content (AvgIpc) is 2.86. The molecule has 0 spiro atoms. The first-order valence-corrected chi connectivity index (χ1v) is 12.6. The van der Waals surface area contributed by atoms with Crippen LogP contribution in [0, 0.1) is 17.6 Å². The van der Waals surface area contributed by atoms with Crippen LogP contribution in [0.1, 0.15) is 35.6 Å². The van der Waals surface area contributed by atoms with E-state index in [-0.39, 0.29) is 36.5 Å². The Morgan fingerprint density at radius 2 is 1.74 bits per heavy atom. The van der Waals surface area contributed by atoms with Gasteiger partial charge in [-0.05, 0) is 61.2 Å². The summed E-state index contributed by atoms with van der Waals surface area (Å²) in [5, 5.41) is 9.48. The average molecular weight is 505 g/mol. The Kier molecular flexibility index (Phi) is 8.84. The van der Waals surface area contributed by atoms with Gasteiger partial charge in [-0.3, -0.25) is 0 Å². The van der Waals surface area contributed by atoms with Crippen molar-refractivity contribution in [2.24, 2.45) is 5.92 Å². The highest BCUT2D eigenvalue weighted by Gasteiger charge is 2.40. The number of aliphatic hydroxyl groups excluding tert-OH is 1. The third kappa shape index (κ3) is 6.11. The Balaban J connectivity index is 1.66. The largest absolute Gasteiger partial charge is 0.490 e. The Bertz CT molecular complexity index is 1070. The topological polar surface area (TPSA) is 38.7 Å². The van der Waals surface area contributed by atoms with E-state index in [4.69, 9.17) is 21.1 Å². The molecule has 1 aliphatic heterocycles. The lowest BCUT2D eigenvalue weighted by molar-refractivity contribution is -0.0259. The van der Waals surface area contributed by atoms with Crippen LogP contribution in [0.4, 0.5) is 8.78 Å². The lowest BCUT2D eigenvalue weighted by Gasteiger charge is -2.38. The molecule has 3 aromatic carbocycles. The fourth-order valence-electron chi connectivity index (χ4n) is 4.21. The van der Waals surface area contributed by atoms with E-state index >= 15 is 4.39 Å². The molecule has 0 amide bonds. The zero-order chi connectivity index (χ0) is 23.9. The molecule has 0 aliphatic carbocycles. The van der Waals surface area contributed by atoms with E-state index in [0.717, 1.165) is 29.0 Å². The van der Waals surface area contributed by atoms with Gasteiger partial charge in [0.15, 0.2) is 11.6 Å². The first-order valence-electron chi connectivity index (χ1n) is 11.4. The lowest BCUT2D eigenvalue weighted by Crippen LogP contribution is -2.36. The van der Waals surface area contributed by atoms with Gasteiger partial charge in [0, 0.05) is 33.3 Å². The minimum Gasteiger partial charge on any atom is -0.490 e. The summed E-state index contributed by atoms with van der Waals surface area (Å²) in [6.45, 7) is 0.702. The third-order valence-corrected chi connectivity index (χ3v) is 7.58. The van der Waals surface area contributed by atoms with Gasteiger partial charge in [-0.25, -0.2) is 8.78 Å². The summed E-state index contributed by atoms with van der Waals surface area (Å²) in [6, 6.07) is 19.4. The van der Waals surface area contributed by atoms with E-state index in [0.29, 0.717) is 24.5 Å². The molecular formula is C27H27ClF2O3S.